The van der Waals surface area contributed by atoms with E-state index in [0.29, 0.717) is 37.8 Å². The Labute approximate surface area is 152 Å². The van der Waals surface area contributed by atoms with Crippen molar-refractivity contribution in [1.82, 2.24) is 4.90 Å². The first-order valence-electron chi connectivity index (χ1n) is 9.52. The number of para-hydroxylation sites is 1. The highest BCUT2D eigenvalue weighted by Crippen LogP contribution is 2.48. The maximum Gasteiger partial charge on any atom is 0.240 e. The highest BCUT2D eigenvalue weighted by Gasteiger charge is 2.57. The van der Waals surface area contributed by atoms with Crippen LogP contribution in [-0.2, 0) is 9.59 Å². The Morgan fingerprint density at radius 3 is 1.88 bits per heavy atom. The van der Waals surface area contributed by atoms with Crippen LogP contribution in [0.1, 0.15) is 77.3 Å². The van der Waals surface area contributed by atoms with Crippen molar-refractivity contribution < 1.29 is 9.59 Å². The van der Waals surface area contributed by atoms with E-state index in [9.17, 15) is 9.59 Å². The Kier molecular flexibility index (Phi) is 5.91. The van der Waals surface area contributed by atoms with Crippen molar-refractivity contribution in [1.29, 1.82) is 0 Å². The Hall–Kier alpha value is -1.84. The van der Waals surface area contributed by atoms with Gasteiger partial charge in [-0.2, -0.15) is 0 Å². The highest BCUT2D eigenvalue weighted by atomic mass is 16.2. The molecule has 1 aliphatic carbocycles. The summed E-state index contributed by atoms with van der Waals surface area (Å²) < 4.78 is 0. The maximum absolute atomic E-state index is 13.1. The van der Waals surface area contributed by atoms with Gasteiger partial charge >= 0.3 is 0 Å². The molecular formula is C21H32N2O2. The van der Waals surface area contributed by atoms with E-state index in [1.165, 1.54) is 0 Å². The Bertz CT molecular complexity index is 615. The van der Waals surface area contributed by atoms with Gasteiger partial charge in [0.05, 0.1) is 0 Å². The third-order valence-electron chi connectivity index (χ3n) is 5.26. The van der Waals surface area contributed by atoms with Gasteiger partial charge in [-0.25, -0.2) is 0 Å². The summed E-state index contributed by atoms with van der Waals surface area (Å²) in [4.78, 5) is 27.7. The molecule has 2 amide bonds. The smallest absolute Gasteiger partial charge is 0.240 e. The van der Waals surface area contributed by atoms with Crippen molar-refractivity contribution in [3.8, 4) is 0 Å². The van der Waals surface area contributed by atoms with Crippen molar-refractivity contribution in [2.45, 2.75) is 66.2 Å². The first-order chi connectivity index (χ1) is 11.8. The first-order valence-corrected chi connectivity index (χ1v) is 9.52. The zero-order valence-electron chi connectivity index (χ0n) is 16.5. The average Bonchev–Trinajstić information content (AvgIpc) is 3.37. The molecule has 0 radical (unpaired) electrons. The van der Waals surface area contributed by atoms with Crippen molar-refractivity contribution in [2.75, 3.05) is 18.4 Å². The predicted molar refractivity (Wildman–Crippen MR) is 103 cm³/mol. The summed E-state index contributed by atoms with van der Waals surface area (Å²) >= 11 is 0. The monoisotopic (exact) mass is 344 g/mol. The molecule has 0 bridgehead atoms. The molecular weight excluding hydrogens is 312 g/mol. The lowest BCUT2D eigenvalue weighted by atomic mass is 9.92. The van der Waals surface area contributed by atoms with Crippen LogP contribution in [0.2, 0.25) is 0 Å². The van der Waals surface area contributed by atoms with Crippen LogP contribution in [0.3, 0.4) is 0 Å². The predicted octanol–water partition coefficient (Wildman–Crippen LogP) is 4.52. The molecule has 2 rings (SSSR count). The van der Waals surface area contributed by atoms with Crippen LogP contribution < -0.4 is 5.32 Å². The third-order valence-corrected chi connectivity index (χ3v) is 5.26. The van der Waals surface area contributed by atoms with Gasteiger partial charge in [0.2, 0.25) is 11.8 Å². The Morgan fingerprint density at radius 1 is 1.04 bits per heavy atom. The molecule has 138 valence electrons. The van der Waals surface area contributed by atoms with Crippen molar-refractivity contribution in [3.63, 3.8) is 0 Å². The van der Waals surface area contributed by atoms with Crippen LogP contribution in [0.15, 0.2) is 18.2 Å². The number of carbonyl (C=O) groups is 2. The van der Waals surface area contributed by atoms with Crippen LogP contribution in [0.5, 0.6) is 0 Å². The minimum atomic E-state index is -0.857. The molecule has 0 heterocycles. The fraction of sp³-hybridized carbons (Fsp3) is 0.619. The summed E-state index contributed by atoms with van der Waals surface area (Å²) in [6.07, 6.45) is 1.30. The van der Waals surface area contributed by atoms with E-state index in [1.807, 2.05) is 19.9 Å². The molecule has 1 fully saturated rings. The van der Waals surface area contributed by atoms with E-state index in [0.717, 1.165) is 16.8 Å². The van der Waals surface area contributed by atoms with Gasteiger partial charge in [0.25, 0.3) is 0 Å². The summed E-state index contributed by atoms with van der Waals surface area (Å²) in [5, 5.41) is 3.14. The van der Waals surface area contributed by atoms with Crippen molar-refractivity contribution in [3.05, 3.63) is 29.3 Å². The molecule has 1 N–H and O–H groups in total. The lowest BCUT2D eigenvalue weighted by Crippen LogP contribution is -2.43. The highest BCUT2D eigenvalue weighted by molar-refractivity contribution is 6.13. The lowest BCUT2D eigenvalue weighted by Gasteiger charge is -2.26. The van der Waals surface area contributed by atoms with E-state index in [4.69, 9.17) is 0 Å². The van der Waals surface area contributed by atoms with Gasteiger partial charge < -0.3 is 10.2 Å². The fourth-order valence-corrected chi connectivity index (χ4v) is 3.41. The number of hydrogen-bond acceptors (Lipinski definition) is 2. The van der Waals surface area contributed by atoms with E-state index in [-0.39, 0.29) is 11.8 Å². The summed E-state index contributed by atoms with van der Waals surface area (Å²) in [7, 11) is 0. The van der Waals surface area contributed by atoms with E-state index in [1.54, 1.807) is 4.90 Å². The second-order valence-corrected chi connectivity index (χ2v) is 7.63. The first kappa shape index (κ1) is 19.5. The number of benzene rings is 1. The summed E-state index contributed by atoms with van der Waals surface area (Å²) in [6.45, 7) is 13.7. The van der Waals surface area contributed by atoms with Gasteiger partial charge in [0.1, 0.15) is 5.41 Å². The normalized spacial score (nSPS) is 15.4. The average molecular weight is 344 g/mol. The van der Waals surface area contributed by atoms with Gasteiger partial charge in [-0.15, -0.1) is 0 Å². The SMILES string of the molecule is CCN(CC)C(=O)C1(C(=O)Nc2c(C(C)C)cccc2C(C)C)CC1. The van der Waals surface area contributed by atoms with Gasteiger partial charge in [0.15, 0.2) is 0 Å². The summed E-state index contributed by atoms with van der Waals surface area (Å²) in [5.74, 6) is 0.452. The number of rotatable bonds is 7. The van der Waals surface area contributed by atoms with E-state index in [2.05, 4.69) is 45.1 Å². The quantitative estimate of drug-likeness (QED) is 0.739. The zero-order chi connectivity index (χ0) is 18.8. The molecule has 4 heteroatoms. The number of carbonyl (C=O) groups excluding carboxylic acids is 2. The largest absolute Gasteiger partial charge is 0.342 e. The van der Waals surface area contributed by atoms with Crippen LogP contribution >= 0.6 is 0 Å². The summed E-state index contributed by atoms with van der Waals surface area (Å²) in [5.41, 5.74) is 2.30. The molecule has 4 nitrogen and oxygen atoms in total. The molecule has 0 saturated heterocycles. The zero-order valence-corrected chi connectivity index (χ0v) is 16.5. The van der Waals surface area contributed by atoms with Gasteiger partial charge in [-0.1, -0.05) is 45.9 Å². The number of anilines is 1. The minimum Gasteiger partial charge on any atom is -0.342 e. The number of hydrogen-bond donors (Lipinski definition) is 1. The Morgan fingerprint density at radius 2 is 1.52 bits per heavy atom. The van der Waals surface area contributed by atoms with Gasteiger partial charge in [0, 0.05) is 18.8 Å². The van der Waals surface area contributed by atoms with Crippen molar-refractivity contribution >= 4 is 17.5 Å². The number of nitrogens with one attached hydrogen (secondary N) is 1. The second kappa shape index (κ2) is 7.59. The third kappa shape index (κ3) is 3.73. The van der Waals surface area contributed by atoms with Crippen LogP contribution in [0.25, 0.3) is 0 Å². The molecule has 1 saturated carbocycles. The van der Waals surface area contributed by atoms with Gasteiger partial charge in [-0.05, 0) is 49.7 Å². The van der Waals surface area contributed by atoms with Gasteiger partial charge in [-0.3, -0.25) is 9.59 Å². The number of amides is 2. The van der Waals surface area contributed by atoms with Crippen LogP contribution in [0.4, 0.5) is 5.69 Å². The molecule has 0 aromatic heterocycles. The standard InChI is InChI=1S/C21H32N2O2/c1-7-23(8-2)20(25)21(12-13-21)19(24)22-18-16(14(3)4)10-9-11-17(18)15(5)6/h9-11,14-15H,7-8,12-13H2,1-6H3,(H,22,24). The Balaban J connectivity index is 2.33. The topological polar surface area (TPSA) is 49.4 Å². The van der Waals surface area contributed by atoms with E-state index >= 15 is 0 Å². The summed E-state index contributed by atoms with van der Waals surface area (Å²) in [6, 6.07) is 6.18. The minimum absolute atomic E-state index is 0.0249. The number of nitrogens with zero attached hydrogens (tertiary/aromatic N) is 1. The fourth-order valence-electron chi connectivity index (χ4n) is 3.41. The molecule has 0 spiro atoms. The molecule has 0 atom stereocenters. The molecule has 1 aliphatic rings. The van der Waals surface area contributed by atoms with Crippen LogP contribution in [-0.4, -0.2) is 29.8 Å². The molecule has 1 aromatic rings. The second-order valence-electron chi connectivity index (χ2n) is 7.63. The molecule has 0 unspecified atom stereocenters. The molecule has 0 aliphatic heterocycles. The molecule has 1 aromatic carbocycles. The van der Waals surface area contributed by atoms with E-state index < -0.39 is 5.41 Å². The van der Waals surface area contributed by atoms with Crippen molar-refractivity contribution in [2.24, 2.45) is 5.41 Å². The lowest BCUT2D eigenvalue weighted by molar-refractivity contribution is -0.141. The maximum atomic E-state index is 13.1. The molecule has 25 heavy (non-hydrogen) atoms. The van der Waals surface area contributed by atoms with Crippen LogP contribution in [0, 0.1) is 5.41 Å².